The number of pyridine rings is 1. The van der Waals surface area contributed by atoms with Crippen LogP contribution in [0.1, 0.15) is 0 Å². The van der Waals surface area contributed by atoms with Gasteiger partial charge in [0.15, 0.2) is 0 Å². The van der Waals surface area contributed by atoms with E-state index in [0.29, 0.717) is 0 Å². The molecule has 0 atom stereocenters. The number of benzene rings is 10. The van der Waals surface area contributed by atoms with Gasteiger partial charge in [0, 0.05) is 38.0 Å². The van der Waals surface area contributed by atoms with Crippen molar-refractivity contribution in [2.24, 2.45) is 0 Å². The fourth-order valence-electron chi connectivity index (χ4n) is 10.9. The molecule has 4 aromatic heterocycles. The summed E-state index contributed by atoms with van der Waals surface area (Å²) in [5.41, 5.74) is 17.2. The van der Waals surface area contributed by atoms with Gasteiger partial charge >= 0.3 is 0 Å². The van der Waals surface area contributed by atoms with Gasteiger partial charge in [0.25, 0.3) is 0 Å². The topological polar surface area (TPSA) is 27.7 Å². The molecule has 4 heteroatoms. The molecular weight excluding hydrogens is 837 g/mol. The molecule has 0 unspecified atom stereocenters. The van der Waals surface area contributed by atoms with Gasteiger partial charge in [-0.3, -0.25) is 9.13 Å². The van der Waals surface area contributed by atoms with Crippen molar-refractivity contribution in [1.82, 2.24) is 18.7 Å². The van der Waals surface area contributed by atoms with Crippen molar-refractivity contribution in [2.75, 3.05) is 0 Å². The molecule has 0 saturated heterocycles. The first-order valence-electron chi connectivity index (χ1n) is 23.6. The Morgan fingerprint density at radius 2 is 0.536 bits per heavy atom. The predicted molar refractivity (Wildman–Crippen MR) is 289 cm³/mol. The number of rotatable bonds is 7. The van der Waals surface area contributed by atoms with Crippen LogP contribution < -0.4 is 0 Å². The molecule has 14 aromatic rings. The second-order valence-corrected chi connectivity index (χ2v) is 18.0. The van der Waals surface area contributed by atoms with E-state index < -0.39 is 0 Å². The van der Waals surface area contributed by atoms with E-state index in [1.165, 1.54) is 54.6 Å². The smallest absolute Gasteiger partial charge is 0.140 e. The Balaban J connectivity index is 1.07. The second-order valence-electron chi connectivity index (χ2n) is 18.0. The monoisotopic (exact) mass is 878 g/mol. The summed E-state index contributed by atoms with van der Waals surface area (Å²) in [5.74, 6) is 1.73. The van der Waals surface area contributed by atoms with Crippen LogP contribution in [0.5, 0.6) is 0 Å². The first-order valence-corrected chi connectivity index (χ1v) is 23.6. The highest BCUT2D eigenvalue weighted by molar-refractivity contribution is 6.24. The number of para-hydroxylation sites is 4. The van der Waals surface area contributed by atoms with Crippen LogP contribution in [-0.4, -0.2) is 18.7 Å². The van der Waals surface area contributed by atoms with E-state index in [4.69, 9.17) is 4.98 Å². The van der Waals surface area contributed by atoms with Crippen molar-refractivity contribution >= 4 is 65.4 Å². The molecule has 0 aliphatic rings. The Hall–Kier alpha value is -9.25. The van der Waals surface area contributed by atoms with E-state index in [2.05, 4.69) is 268 Å². The van der Waals surface area contributed by atoms with Gasteiger partial charge in [0.05, 0.1) is 33.1 Å². The van der Waals surface area contributed by atoms with Gasteiger partial charge in [-0.1, -0.05) is 182 Å². The minimum absolute atomic E-state index is 0.856. The summed E-state index contributed by atoms with van der Waals surface area (Å²) in [6.07, 6.45) is 0. The highest BCUT2D eigenvalue weighted by Crippen LogP contribution is 2.44. The molecule has 0 spiro atoms. The van der Waals surface area contributed by atoms with Crippen LogP contribution in [0.3, 0.4) is 0 Å². The first-order chi connectivity index (χ1) is 34.2. The van der Waals surface area contributed by atoms with Crippen LogP contribution in [0.25, 0.3) is 127 Å². The molecule has 0 N–H and O–H groups in total. The number of hydrogen-bond donors (Lipinski definition) is 0. The molecular formula is C65H42N4. The van der Waals surface area contributed by atoms with Crippen LogP contribution in [0.15, 0.2) is 255 Å². The standard InChI is InChI=1S/C65H42N4/c1-4-19-43(20-5-1)46-37-47(44-21-6-2-7-22-44)39-48(38-46)50-40-49(45-23-8-3-9-24-45)41-51(42-50)67-58-29-14-12-27-54(58)56-35-36-57-55-28-13-17-32-61(55)69(65(57)64(56)67)63-34-18-33-62(66-63)68-59-30-15-10-25-52(59)53-26-11-16-31-60(53)68/h1-42H. The Morgan fingerprint density at radius 3 is 1.00 bits per heavy atom. The Morgan fingerprint density at radius 1 is 0.217 bits per heavy atom. The maximum absolute atomic E-state index is 5.61. The largest absolute Gasteiger partial charge is 0.307 e. The summed E-state index contributed by atoms with van der Waals surface area (Å²) >= 11 is 0. The van der Waals surface area contributed by atoms with Gasteiger partial charge in [-0.2, -0.15) is 0 Å². The average Bonchev–Trinajstić information content (AvgIpc) is 4.07. The van der Waals surface area contributed by atoms with Gasteiger partial charge < -0.3 is 4.57 Å². The minimum atomic E-state index is 0.856. The van der Waals surface area contributed by atoms with Crippen LogP contribution in [0.4, 0.5) is 0 Å². The summed E-state index contributed by atoms with van der Waals surface area (Å²) in [6.45, 7) is 0. The number of aromatic nitrogens is 4. The maximum atomic E-state index is 5.61. The molecule has 10 aromatic carbocycles. The number of nitrogens with zero attached hydrogens (tertiary/aromatic N) is 4. The molecule has 322 valence electrons. The molecule has 69 heavy (non-hydrogen) atoms. The Bertz CT molecular complexity index is 4180. The van der Waals surface area contributed by atoms with Crippen LogP contribution in [0.2, 0.25) is 0 Å². The molecule has 0 radical (unpaired) electrons. The summed E-state index contributed by atoms with van der Waals surface area (Å²) in [7, 11) is 0. The number of fused-ring (bicyclic) bond motifs is 10. The van der Waals surface area contributed by atoms with Crippen LogP contribution in [-0.2, 0) is 0 Å². The third kappa shape index (κ3) is 6.27. The lowest BCUT2D eigenvalue weighted by Gasteiger charge is -2.17. The zero-order valence-electron chi connectivity index (χ0n) is 37.5. The SMILES string of the molecule is c1ccc(-c2cc(-c3ccccc3)cc(-c3cc(-c4ccccc4)cc(-n4c5ccccc5c5ccc6c7ccccc7n(-c7cccc(-n8c9ccccc9c9ccccc98)n7)c6c54)c3)c2)cc1. The molecule has 14 rings (SSSR count). The van der Waals surface area contributed by atoms with Crippen molar-refractivity contribution < 1.29 is 0 Å². The van der Waals surface area contributed by atoms with Crippen molar-refractivity contribution in [3.05, 3.63) is 255 Å². The van der Waals surface area contributed by atoms with E-state index in [9.17, 15) is 0 Å². The minimum Gasteiger partial charge on any atom is -0.307 e. The third-order valence-corrected chi connectivity index (χ3v) is 14.0. The second kappa shape index (κ2) is 15.7. The lowest BCUT2D eigenvalue weighted by Crippen LogP contribution is -2.04. The lowest BCUT2D eigenvalue weighted by molar-refractivity contribution is 1.01. The van der Waals surface area contributed by atoms with Crippen molar-refractivity contribution in [3.8, 4) is 61.8 Å². The summed E-state index contributed by atoms with van der Waals surface area (Å²) in [5, 5.41) is 7.16. The predicted octanol–water partition coefficient (Wildman–Crippen LogP) is 17.0. The summed E-state index contributed by atoms with van der Waals surface area (Å²) in [6, 6.07) is 92.5. The highest BCUT2D eigenvalue weighted by atomic mass is 15.1. The summed E-state index contributed by atoms with van der Waals surface area (Å²) < 4.78 is 7.21. The van der Waals surface area contributed by atoms with Gasteiger partial charge in [-0.15, -0.1) is 0 Å². The zero-order chi connectivity index (χ0) is 45.4. The van der Waals surface area contributed by atoms with E-state index in [0.717, 1.165) is 72.7 Å². The van der Waals surface area contributed by atoms with Crippen LogP contribution in [0, 0.1) is 0 Å². The first kappa shape index (κ1) is 39.0. The van der Waals surface area contributed by atoms with E-state index in [1.54, 1.807) is 0 Å². The zero-order valence-corrected chi connectivity index (χ0v) is 37.5. The van der Waals surface area contributed by atoms with E-state index in [1.807, 2.05) is 0 Å². The maximum Gasteiger partial charge on any atom is 0.140 e. The number of hydrogen-bond acceptors (Lipinski definition) is 1. The lowest BCUT2D eigenvalue weighted by atomic mass is 9.91. The van der Waals surface area contributed by atoms with Gasteiger partial charge in [0.1, 0.15) is 11.6 Å². The normalized spacial score (nSPS) is 11.8. The summed E-state index contributed by atoms with van der Waals surface area (Å²) in [4.78, 5) is 5.61. The van der Waals surface area contributed by atoms with E-state index in [-0.39, 0.29) is 0 Å². The van der Waals surface area contributed by atoms with Crippen molar-refractivity contribution in [3.63, 3.8) is 0 Å². The van der Waals surface area contributed by atoms with Crippen molar-refractivity contribution in [1.29, 1.82) is 0 Å². The highest BCUT2D eigenvalue weighted by Gasteiger charge is 2.23. The fraction of sp³-hybridized carbons (Fsp3) is 0. The quantitative estimate of drug-likeness (QED) is 0.157. The Labute approximate surface area is 398 Å². The van der Waals surface area contributed by atoms with Gasteiger partial charge in [-0.05, 0) is 117 Å². The van der Waals surface area contributed by atoms with Crippen molar-refractivity contribution in [2.45, 2.75) is 0 Å². The average molecular weight is 879 g/mol. The molecule has 0 aliphatic carbocycles. The third-order valence-electron chi connectivity index (χ3n) is 14.0. The Kier molecular flexibility index (Phi) is 8.86. The van der Waals surface area contributed by atoms with Gasteiger partial charge in [0.2, 0.25) is 0 Å². The van der Waals surface area contributed by atoms with Gasteiger partial charge in [-0.25, -0.2) is 4.98 Å². The molecule has 0 bridgehead atoms. The molecule has 0 fully saturated rings. The molecule has 4 heterocycles. The van der Waals surface area contributed by atoms with Crippen LogP contribution >= 0.6 is 0 Å². The molecule has 0 aliphatic heterocycles. The molecule has 4 nitrogen and oxygen atoms in total. The van der Waals surface area contributed by atoms with E-state index >= 15 is 0 Å². The fourth-order valence-corrected chi connectivity index (χ4v) is 10.9. The molecule has 0 saturated carbocycles. The molecule has 0 amide bonds.